The van der Waals surface area contributed by atoms with Crippen molar-refractivity contribution in [1.29, 1.82) is 0 Å². The molecular formula is C33H56O16. The van der Waals surface area contributed by atoms with Gasteiger partial charge < -0.3 is 76.2 Å². The zero-order chi connectivity index (χ0) is 35.0. The fraction of sp³-hybridized carbons (Fsp3) is 1.00. The van der Waals surface area contributed by atoms with E-state index in [-0.39, 0.29) is 89.5 Å². The number of aliphatic hydroxyl groups is 1. The first-order valence-electron chi connectivity index (χ1n) is 17.4. The first kappa shape index (κ1) is 38.1. The van der Waals surface area contributed by atoms with Crippen LogP contribution in [0.15, 0.2) is 0 Å². The summed E-state index contributed by atoms with van der Waals surface area (Å²) in [5, 5.41) is 9.31. The monoisotopic (exact) mass is 708 g/mol. The molecule has 16 nitrogen and oxygen atoms in total. The minimum absolute atomic E-state index is 0.123. The Balaban J connectivity index is 0.911. The van der Waals surface area contributed by atoms with Crippen LogP contribution in [0.3, 0.4) is 0 Å². The van der Waals surface area contributed by atoms with E-state index in [0.29, 0.717) is 13.2 Å². The van der Waals surface area contributed by atoms with Gasteiger partial charge in [-0.3, -0.25) is 0 Å². The number of fused-ring (bicyclic) bond motifs is 6. The zero-order valence-electron chi connectivity index (χ0n) is 30.0. The maximum absolute atomic E-state index is 9.31. The summed E-state index contributed by atoms with van der Waals surface area (Å²) in [7, 11) is 0. The van der Waals surface area contributed by atoms with E-state index in [1.807, 2.05) is 55.4 Å². The average molecular weight is 709 g/mol. The Kier molecular flexibility index (Phi) is 12.0. The van der Waals surface area contributed by atoms with Gasteiger partial charge in [0.1, 0.15) is 54.9 Å². The molecule has 6 heterocycles. The van der Waals surface area contributed by atoms with Crippen LogP contribution in [0.5, 0.6) is 0 Å². The lowest BCUT2D eigenvalue weighted by Gasteiger charge is -2.48. The van der Waals surface area contributed by atoms with Crippen molar-refractivity contribution in [2.75, 3.05) is 66.1 Å². The summed E-state index contributed by atoms with van der Waals surface area (Å²) < 4.78 is 90.6. The van der Waals surface area contributed by atoms with Gasteiger partial charge in [0.15, 0.2) is 35.7 Å². The fourth-order valence-electron chi connectivity index (χ4n) is 6.99. The topological polar surface area (TPSA) is 159 Å². The summed E-state index contributed by atoms with van der Waals surface area (Å²) in [5.41, 5.74) is 0. The lowest BCUT2D eigenvalue weighted by molar-refractivity contribution is -0.370. The molecule has 0 unspecified atom stereocenters. The molecule has 6 aliphatic rings. The highest BCUT2D eigenvalue weighted by Gasteiger charge is 2.60. The van der Waals surface area contributed by atoms with Crippen LogP contribution >= 0.6 is 0 Å². The van der Waals surface area contributed by atoms with Crippen LogP contribution in [0, 0.1) is 0 Å². The highest BCUT2D eigenvalue weighted by molar-refractivity contribution is 5.00. The number of ether oxygens (including phenoxy) is 15. The van der Waals surface area contributed by atoms with Gasteiger partial charge in [-0.2, -0.15) is 0 Å². The average Bonchev–Trinajstić information content (AvgIpc) is 3.53. The molecule has 0 saturated carbocycles. The summed E-state index contributed by atoms with van der Waals surface area (Å²) in [6.45, 7) is 17.1. The van der Waals surface area contributed by atoms with E-state index in [2.05, 4.69) is 0 Å². The number of hydrogen-bond donors (Lipinski definition) is 1. The van der Waals surface area contributed by atoms with Crippen molar-refractivity contribution < 1.29 is 76.2 Å². The van der Waals surface area contributed by atoms with Crippen molar-refractivity contribution in [3.05, 3.63) is 0 Å². The van der Waals surface area contributed by atoms with Gasteiger partial charge in [-0.15, -0.1) is 0 Å². The summed E-state index contributed by atoms with van der Waals surface area (Å²) in [4.78, 5) is 0. The Labute approximate surface area is 288 Å². The molecule has 6 saturated heterocycles. The molecule has 0 radical (unpaired) electrons. The highest BCUT2D eigenvalue weighted by atomic mass is 16.8. The molecule has 0 bridgehead atoms. The lowest BCUT2D eigenvalue weighted by Crippen LogP contribution is -2.64. The first-order chi connectivity index (χ1) is 23.1. The molecule has 0 amide bonds. The molecule has 284 valence electrons. The summed E-state index contributed by atoms with van der Waals surface area (Å²) in [6.07, 6.45) is -4.83. The second-order valence-electron chi connectivity index (χ2n) is 14.9. The Morgan fingerprint density at radius 3 is 1.37 bits per heavy atom. The second kappa shape index (κ2) is 15.4. The van der Waals surface area contributed by atoms with Crippen molar-refractivity contribution in [2.45, 2.75) is 146 Å². The third-order valence-corrected chi connectivity index (χ3v) is 8.96. The van der Waals surface area contributed by atoms with E-state index < -0.39 is 54.0 Å². The Morgan fingerprint density at radius 1 is 0.531 bits per heavy atom. The van der Waals surface area contributed by atoms with Crippen LogP contribution in [-0.2, 0) is 71.1 Å². The number of hydrogen-bond acceptors (Lipinski definition) is 16. The zero-order valence-corrected chi connectivity index (χ0v) is 30.0. The number of rotatable bonds is 15. The lowest BCUT2D eigenvalue weighted by atomic mass is 9.97. The van der Waals surface area contributed by atoms with E-state index in [0.717, 1.165) is 0 Å². The predicted octanol–water partition coefficient (Wildman–Crippen LogP) is 1.22. The van der Waals surface area contributed by atoms with Crippen LogP contribution in [-0.4, -0.2) is 162 Å². The predicted molar refractivity (Wildman–Crippen MR) is 165 cm³/mol. The first-order valence-corrected chi connectivity index (χ1v) is 17.4. The van der Waals surface area contributed by atoms with Crippen LogP contribution in [0.2, 0.25) is 0 Å². The standard InChI is InChI=1S/C33H56O16/c1-30(2)40-17-20-22(44-30)24-26(48-32(5,6)46-24)28(42-20)38-13-11-35-15-19(37-10-9-34)16-36-12-14-39-29-27-25(47-33(7,8)49-27)23-21(43-29)18-41-31(3,4)45-23/h19-29,34H,9-18H2,1-8H3/t20-,21-,22-,23-,24+,25+,26+,27+,28+,29+/m1/s1. The van der Waals surface area contributed by atoms with Gasteiger partial charge in [0.25, 0.3) is 0 Å². The Morgan fingerprint density at radius 2 is 0.939 bits per heavy atom. The van der Waals surface area contributed by atoms with Crippen LogP contribution in [0.4, 0.5) is 0 Å². The smallest absolute Gasteiger partial charge is 0.187 e. The largest absolute Gasteiger partial charge is 0.394 e. The second-order valence-corrected chi connectivity index (χ2v) is 14.9. The van der Waals surface area contributed by atoms with Gasteiger partial charge in [-0.1, -0.05) is 0 Å². The van der Waals surface area contributed by atoms with Gasteiger partial charge in [-0.05, 0) is 55.4 Å². The molecule has 6 fully saturated rings. The van der Waals surface area contributed by atoms with Crippen molar-refractivity contribution in [1.82, 2.24) is 0 Å². The van der Waals surface area contributed by atoms with Gasteiger partial charge in [0.05, 0.1) is 66.1 Å². The van der Waals surface area contributed by atoms with E-state index in [9.17, 15) is 5.11 Å². The molecule has 6 aliphatic heterocycles. The maximum atomic E-state index is 9.31. The normalized spacial score (nSPS) is 40.0. The molecule has 0 spiro atoms. The fourth-order valence-corrected chi connectivity index (χ4v) is 6.99. The van der Waals surface area contributed by atoms with Crippen molar-refractivity contribution in [3.8, 4) is 0 Å². The maximum Gasteiger partial charge on any atom is 0.187 e. The molecular weight excluding hydrogens is 652 g/mol. The third-order valence-electron chi connectivity index (χ3n) is 8.96. The van der Waals surface area contributed by atoms with Gasteiger partial charge in [0.2, 0.25) is 0 Å². The minimum atomic E-state index is -0.804. The van der Waals surface area contributed by atoms with Crippen LogP contribution in [0.25, 0.3) is 0 Å². The van der Waals surface area contributed by atoms with Crippen molar-refractivity contribution in [3.63, 3.8) is 0 Å². The Hall–Kier alpha value is -0.640. The SMILES string of the molecule is CC1(C)O[C@@H]2[C@H](O1)[C@@H](OCCOCC(COCCO[C@H]1O[C@@H]3COC(C)(C)O[C@H]3[C@@H]3OC(C)(C)O[C@H]13)OCCO)O[C@@H]1COC(C)(C)O[C@@H]21. The van der Waals surface area contributed by atoms with Crippen LogP contribution < -0.4 is 0 Å². The van der Waals surface area contributed by atoms with E-state index >= 15 is 0 Å². The number of aliphatic hydroxyl groups excluding tert-OH is 1. The summed E-state index contributed by atoms with van der Waals surface area (Å²) in [6, 6.07) is 0. The Bertz CT molecular complexity index is 993. The highest BCUT2D eigenvalue weighted by Crippen LogP contribution is 2.43. The summed E-state index contributed by atoms with van der Waals surface area (Å²) >= 11 is 0. The van der Waals surface area contributed by atoms with E-state index in [4.69, 9.17) is 71.1 Å². The van der Waals surface area contributed by atoms with Crippen molar-refractivity contribution >= 4 is 0 Å². The minimum Gasteiger partial charge on any atom is -0.394 e. The third kappa shape index (κ3) is 9.48. The molecule has 16 heteroatoms. The van der Waals surface area contributed by atoms with E-state index in [1.54, 1.807) is 0 Å². The molecule has 0 aliphatic carbocycles. The molecule has 0 aromatic heterocycles. The summed E-state index contributed by atoms with van der Waals surface area (Å²) in [5.74, 6) is -3.10. The molecule has 10 atom stereocenters. The quantitative estimate of drug-likeness (QED) is 0.242. The van der Waals surface area contributed by atoms with Gasteiger partial charge in [0, 0.05) is 0 Å². The van der Waals surface area contributed by atoms with Crippen LogP contribution in [0.1, 0.15) is 55.4 Å². The van der Waals surface area contributed by atoms with E-state index in [1.165, 1.54) is 0 Å². The van der Waals surface area contributed by atoms with Gasteiger partial charge >= 0.3 is 0 Å². The molecule has 0 aromatic carbocycles. The van der Waals surface area contributed by atoms with Crippen molar-refractivity contribution in [2.24, 2.45) is 0 Å². The molecule has 6 rings (SSSR count). The molecule has 49 heavy (non-hydrogen) atoms. The molecule has 0 aromatic rings. The molecule has 1 N–H and O–H groups in total. The van der Waals surface area contributed by atoms with Gasteiger partial charge in [-0.25, -0.2) is 0 Å².